The van der Waals surface area contributed by atoms with Gasteiger partial charge >= 0.3 is 0 Å². The van der Waals surface area contributed by atoms with Crippen molar-refractivity contribution in [1.29, 1.82) is 0 Å². The number of nitrogens with one attached hydrogen (secondary N) is 1. The van der Waals surface area contributed by atoms with Gasteiger partial charge in [0.2, 0.25) is 0 Å². The van der Waals surface area contributed by atoms with Gasteiger partial charge in [0, 0.05) is 13.1 Å². The highest BCUT2D eigenvalue weighted by Gasteiger charge is 2.23. The maximum atomic E-state index is 12.3. The van der Waals surface area contributed by atoms with Crippen LogP contribution in [0.25, 0.3) is 0 Å². The summed E-state index contributed by atoms with van der Waals surface area (Å²) in [6, 6.07) is 3.54. The van der Waals surface area contributed by atoms with Crippen LogP contribution in [0, 0.1) is 6.92 Å². The van der Waals surface area contributed by atoms with E-state index in [9.17, 15) is 4.79 Å². The molecule has 0 saturated heterocycles. The largest absolute Gasteiger partial charge is 0.305 e. The van der Waals surface area contributed by atoms with Crippen molar-refractivity contribution in [2.24, 2.45) is 7.05 Å². The highest BCUT2D eigenvalue weighted by molar-refractivity contribution is 6.02. The number of rotatable bonds is 2. The van der Waals surface area contributed by atoms with E-state index in [1.165, 1.54) is 0 Å². The summed E-state index contributed by atoms with van der Waals surface area (Å²) < 4.78 is 3.36. The van der Waals surface area contributed by atoms with Crippen LogP contribution in [0.4, 0.5) is 5.82 Å². The summed E-state index contributed by atoms with van der Waals surface area (Å²) in [4.78, 5) is 12.3. The van der Waals surface area contributed by atoms with Gasteiger partial charge in [-0.3, -0.25) is 14.2 Å². The minimum Gasteiger partial charge on any atom is -0.305 e. The number of nitrogens with zero attached hydrogens (tertiary/aromatic N) is 4. The SMILES string of the molecule is Cc1cc(C(=O)Nc2ccnn2C)n(C(C)(C)C)n1. The molecule has 1 N–H and O–H groups in total. The van der Waals surface area contributed by atoms with Crippen molar-refractivity contribution in [2.75, 3.05) is 5.32 Å². The van der Waals surface area contributed by atoms with Crippen molar-refractivity contribution in [3.8, 4) is 0 Å². The van der Waals surface area contributed by atoms with E-state index < -0.39 is 0 Å². The number of anilines is 1. The molecule has 6 nitrogen and oxygen atoms in total. The molecule has 2 rings (SSSR count). The van der Waals surface area contributed by atoms with E-state index in [4.69, 9.17) is 0 Å². The molecule has 0 atom stereocenters. The number of aromatic nitrogens is 4. The van der Waals surface area contributed by atoms with Crippen molar-refractivity contribution in [1.82, 2.24) is 19.6 Å². The second-order valence-corrected chi connectivity index (χ2v) is 5.55. The molecule has 0 saturated carbocycles. The second kappa shape index (κ2) is 4.53. The first kappa shape index (κ1) is 13.3. The molecule has 0 radical (unpaired) electrons. The molecular weight excluding hydrogens is 242 g/mol. The number of hydrogen-bond acceptors (Lipinski definition) is 3. The summed E-state index contributed by atoms with van der Waals surface area (Å²) in [5.41, 5.74) is 1.13. The van der Waals surface area contributed by atoms with Crippen molar-refractivity contribution in [3.63, 3.8) is 0 Å². The van der Waals surface area contributed by atoms with Gasteiger partial charge in [-0.25, -0.2) is 0 Å². The number of aryl methyl sites for hydroxylation is 2. The van der Waals surface area contributed by atoms with Crippen molar-refractivity contribution >= 4 is 11.7 Å². The van der Waals surface area contributed by atoms with Crippen LogP contribution in [0.3, 0.4) is 0 Å². The standard InChI is InChI=1S/C13H19N5O/c1-9-8-10(18(16-9)13(2,3)4)12(19)15-11-6-7-14-17(11)5/h6-8H,1-5H3,(H,15,19). The summed E-state index contributed by atoms with van der Waals surface area (Å²) in [6.45, 7) is 7.92. The lowest BCUT2D eigenvalue weighted by Crippen LogP contribution is -2.29. The number of carbonyl (C=O) groups excluding carboxylic acids is 1. The van der Waals surface area contributed by atoms with Gasteiger partial charge in [0.25, 0.3) is 5.91 Å². The van der Waals surface area contributed by atoms with Crippen LogP contribution in [0.1, 0.15) is 37.0 Å². The zero-order chi connectivity index (χ0) is 14.2. The molecule has 0 bridgehead atoms. The molecule has 0 aliphatic rings. The summed E-state index contributed by atoms with van der Waals surface area (Å²) in [5, 5.41) is 11.2. The number of carbonyl (C=O) groups is 1. The lowest BCUT2D eigenvalue weighted by atomic mass is 10.1. The average Bonchev–Trinajstić information content (AvgIpc) is 2.85. The van der Waals surface area contributed by atoms with E-state index in [0.717, 1.165) is 5.69 Å². The van der Waals surface area contributed by atoms with Crippen molar-refractivity contribution in [3.05, 3.63) is 29.7 Å². The topological polar surface area (TPSA) is 64.7 Å². The van der Waals surface area contributed by atoms with E-state index in [0.29, 0.717) is 11.5 Å². The second-order valence-electron chi connectivity index (χ2n) is 5.55. The van der Waals surface area contributed by atoms with Crippen LogP contribution < -0.4 is 5.32 Å². The monoisotopic (exact) mass is 261 g/mol. The van der Waals surface area contributed by atoms with Gasteiger partial charge in [-0.2, -0.15) is 10.2 Å². The first-order valence-corrected chi connectivity index (χ1v) is 6.15. The van der Waals surface area contributed by atoms with Gasteiger partial charge in [-0.1, -0.05) is 0 Å². The Labute approximate surface area is 112 Å². The van der Waals surface area contributed by atoms with Crippen molar-refractivity contribution in [2.45, 2.75) is 33.2 Å². The molecule has 2 heterocycles. The predicted molar refractivity (Wildman–Crippen MR) is 73.1 cm³/mol. The van der Waals surface area contributed by atoms with Gasteiger partial charge in [-0.15, -0.1) is 0 Å². The first-order chi connectivity index (χ1) is 8.79. The molecule has 0 aliphatic carbocycles. The molecule has 1 amide bonds. The van der Waals surface area contributed by atoms with E-state index in [1.807, 2.05) is 27.7 Å². The highest BCUT2D eigenvalue weighted by Crippen LogP contribution is 2.18. The Morgan fingerprint density at radius 1 is 1.37 bits per heavy atom. The maximum Gasteiger partial charge on any atom is 0.275 e. The van der Waals surface area contributed by atoms with Gasteiger partial charge < -0.3 is 5.32 Å². The summed E-state index contributed by atoms with van der Waals surface area (Å²) in [5.74, 6) is 0.475. The molecule has 2 aromatic rings. The fraction of sp³-hybridized carbons (Fsp3) is 0.462. The molecule has 19 heavy (non-hydrogen) atoms. The minimum absolute atomic E-state index is 0.181. The smallest absolute Gasteiger partial charge is 0.275 e. The molecule has 0 unspecified atom stereocenters. The lowest BCUT2D eigenvalue weighted by molar-refractivity contribution is 0.100. The van der Waals surface area contributed by atoms with E-state index >= 15 is 0 Å². The van der Waals surface area contributed by atoms with Crippen LogP contribution in [0.5, 0.6) is 0 Å². The zero-order valence-electron chi connectivity index (χ0n) is 11.9. The lowest BCUT2D eigenvalue weighted by Gasteiger charge is -2.22. The molecule has 102 valence electrons. The fourth-order valence-electron chi connectivity index (χ4n) is 1.85. The van der Waals surface area contributed by atoms with Crippen molar-refractivity contribution < 1.29 is 4.79 Å². The minimum atomic E-state index is -0.243. The quantitative estimate of drug-likeness (QED) is 0.898. The third kappa shape index (κ3) is 2.67. The summed E-state index contributed by atoms with van der Waals surface area (Å²) in [6.07, 6.45) is 1.64. The van der Waals surface area contributed by atoms with E-state index in [-0.39, 0.29) is 11.4 Å². The molecular formula is C13H19N5O. The number of hydrogen-bond donors (Lipinski definition) is 1. The molecule has 2 aromatic heterocycles. The third-order valence-corrected chi connectivity index (χ3v) is 2.76. The van der Waals surface area contributed by atoms with Gasteiger partial charge in [0.05, 0.1) is 17.4 Å². The third-order valence-electron chi connectivity index (χ3n) is 2.76. The van der Waals surface area contributed by atoms with E-state index in [1.54, 1.807) is 34.7 Å². The fourth-order valence-corrected chi connectivity index (χ4v) is 1.85. The Balaban J connectivity index is 2.32. The van der Waals surface area contributed by atoms with Gasteiger partial charge in [-0.05, 0) is 33.8 Å². The Morgan fingerprint density at radius 3 is 2.58 bits per heavy atom. The molecule has 0 aromatic carbocycles. The molecule has 6 heteroatoms. The van der Waals surface area contributed by atoms with E-state index in [2.05, 4.69) is 15.5 Å². The zero-order valence-corrected chi connectivity index (χ0v) is 11.9. The number of amides is 1. The molecule has 0 fully saturated rings. The van der Waals surface area contributed by atoms with Crippen LogP contribution in [0.15, 0.2) is 18.3 Å². The van der Waals surface area contributed by atoms with Crippen LogP contribution >= 0.6 is 0 Å². The highest BCUT2D eigenvalue weighted by atomic mass is 16.2. The van der Waals surface area contributed by atoms with Gasteiger partial charge in [0.1, 0.15) is 11.5 Å². The Morgan fingerprint density at radius 2 is 2.05 bits per heavy atom. The maximum absolute atomic E-state index is 12.3. The molecule has 0 spiro atoms. The van der Waals surface area contributed by atoms with Crippen LogP contribution in [0.2, 0.25) is 0 Å². The Bertz CT molecular complexity index is 603. The van der Waals surface area contributed by atoms with Gasteiger partial charge in [0.15, 0.2) is 0 Å². The van der Waals surface area contributed by atoms with Crippen LogP contribution in [-0.2, 0) is 12.6 Å². The molecule has 0 aliphatic heterocycles. The summed E-state index contributed by atoms with van der Waals surface area (Å²) >= 11 is 0. The van der Waals surface area contributed by atoms with Crippen LogP contribution in [-0.4, -0.2) is 25.5 Å². The Hall–Kier alpha value is -2.11. The first-order valence-electron chi connectivity index (χ1n) is 6.15. The average molecular weight is 261 g/mol. The predicted octanol–water partition coefficient (Wildman–Crippen LogP) is 1.93. The Kier molecular flexibility index (Phi) is 3.18. The summed E-state index contributed by atoms with van der Waals surface area (Å²) in [7, 11) is 1.78. The normalized spacial score (nSPS) is 11.6.